The van der Waals surface area contributed by atoms with Crippen molar-refractivity contribution >= 4 is 34.9 Å². The summed E-state index contributed by atoms with van der Waals surface area (Å²) in [6.07, 6.45) is 0. The van der Waals surface area contributed by atoms with Gasteiger partial charge in [0.1, 0.15) is 6.54 Å². The van der Waals surface area contributed by atoms with E-state index in [2.05, 4.69) is 38.3 Å². The van der Waals surface area contributed by atoms with Gasteiger partial charge in [0, 0.05) is 10.6 Å². The molecule has 1 atom stereocenters. The highest BCUT2D eigenvalue weighted by atomic mass is 32.1. The van der Waals surface area contributed by atoms with Crippen LogP contribution in [0.3, 0.4) is 0 Å². The Morgan fingerprint density at radius 1 is 1.10 bits per heavy atom. The Kier molecular flexibility index (Phi) is 5.80. The number of hydrogen-bond acceptors (Lipinski definition) is 4. The van der Waals surface area contributed by atoms with Crippen LogP contribution in [-0.2, 0) is 15.1 Å². The number of anilines is 1. The summed E-state index contributed by atoms with van der Waals surface area (Å²) in [6.45, 7) is 9.62. The van der Waals surface area contributed by atoms with Crippen LogP contribution in [0.4, 0.5) is 10.5 Å². The monoisotopic (exact) mass is 413 g/mol. The minimum atomic E-state index is -1.13. The number of rotatable bonds is 6. The van der Waals surface area contributed by atoms with E-state index in [4.69, 9.17) is 0 Å². The molecule has 1 saturated heterocycles. The van der Waals surface area contributed by atoms with Gasteiger partial charge in [-0.2, -0.15) is 0 Å². The number of nitrogens with one attached hydrogen (secondary N) is 2. The molecular weight excluding hydrogens is 386 g/mol. The average Bonchev–Trinajstić information content (AvgIpc) is 3.26. The predicted octanol–water partition coefficient (Wildman–Crippen LogP) is 4.40. The summed E-state index contributed by atoms with van der Waals surface area (Å²) in [6, 6.07) is 9.06. The topological polar surface area (TPSA) is 78.5 Å². The molecule has 0 saturated carbocycles. The number of carbonyl (C=O) groups is 3. The normalized spacial score (nSPS) is 19.2. The molecule has 4 amide bonds. The quantitative estimate of drug-likeness (QED) is 0.689. The van der Waals surface area contributed by atoms with Gasteiger partial charge in [0.25, 0.3) is 5.91 Å². The van der Waals surface area contributed by atoms with Gasteiger partial charge in [0.15, 0.2) is 5.54 Å². The number of carbonyl (C=O) groups excluding carboxylic acids is 3. The molecular formula is C22H27N3O3S. The molecule has 0 spiro atoms. The van der Waals surface area contributed by atoms with Crippen molar-refractivity contribution in [1.82, 2.24) is 10.2 Å². The van der Waals surface area contributed by atoms with Gasteiger partial charge in [-0.1, -0.05) is 52.0 Å². The van der Waals surface area contributed by atoms with Gasteiger partial charge in [-0.05, 0) is 41.3 Å². The molecule has 7 heteroatoms. The van der Waals surface area contributed by atoms with E-state index >= 15 is 0 Å². The Hall–Kier alpha value is -2.67. The van der Waals surface area contributed by atoms with Crippen LogP contribution in [0.2, 0.25) is 0 Å². The number of thiophene rings is 1. The molecule has 2 heterocycles. The van der Waals surface area contributed by atoms with Gasteiger partial charge in [0.05, 0.1) is 0 Å². The van der Waals surface area contributed by atoms with Gasteiger partial charge in [-0.15, -0.1) is 11.3 Å². The maximum absolute atomic E-state index is 12.9. The van der Waals surface area contributed by atoms with Crippen molar-refractivity contribution in [2.45, 2.75) is 52.0 Å². The maximum Gasteiger partial charge on any atom is 0.325 e. The Balaban J connectivity index is 1.82. The van der Waals surface area contributed by atoms with Gasteiger partial charge < -0.3 is 10.6 Å². The number of benzene rings is 1. The molecule has 3 rings (SSSR count). The molecule has 29 heavy (non-hydrogen) atoms. The molecule has 6 nitrogen and oxygen atoms in total. The molecule has 1 aromatic heterocycles. The Morgan fingerprint density at radius 3 is 2.24 bits per heavy atom. The van der Waals surface area contributed by atoms with Crippen molar-refractivity contribution in [2.75, 3.05) is 11.9 Å². The zero-order chi connectivity index (χ0) is 21.3. The van der Waals surface area contributed by atoms with Crippen molar-refractivity contribution in [3.63, 3.8) is 0 Å². The van der Waals surface area contributed by atoms with Crippen LogP contribution in [0.5, 0.6) is 0 Å². The fraction of sp³-hybridized carbons (Fsp3) is 0.409. The molecule has 1 unspecified atom stereocenters. The fourth-order valence-electron chi connectivity index (χ4n) is 3.59. The Bertz CT molecular complexity index is 911. The first-order valence-electron chi connectivity index (χ1n) is 9.76. The van der Waals surface area contributed by atoms with E-state index in [-0.39, 0.29) is 24.3 Å². The molecule has 2 N–H and O–H groups in total. The summed E-state index contributed by atoms with van der Waals surface area (Å²) in [5.74, 6) is -0.356. The van der Waals surface area contributed by atoms with Crippen molar-refractivity contribution in [2.24, 2.45) is 0 Å². The van der Waals surface area contributed by atoms with Crippen LogP contribution >= 0.6 is 11.3 Å². The second-order valence-corrected chi connectivity index (χ2v) is 9.04. The molecule has 0 bridgehead atoms. The van der Waals surface area contributed by atoms with E-state index in [9.17, 15) is 14.4 Å². The predicted molar refractivity (Wildman–Crippen MR) is 115 cm³/mol. The summed E-state index contributed by atoms with van der Waals surface area (Å²) in [5, 5.41) is 7.54. The van der Waals surface area contributed by atoms with E-state index in [1.54, 1.807) is 13.0 Å². The van der Waals surface area contributed by atoms with Crippen molar-refractivity contribution in [3.05, 3.63) is 51.7 Å². The molecule has 0 aliphatic carbocycles. The molecule has 1 aliphatic rings. The lowest BCUT2D eigenvalue weighted by Gasteiger charge is -2.22. The smallest absolute Gasteiger partial charge is 0.324 e. The summed E-state index contributed by atoms with van der Waals surface area (Å²) >= 11 is 1.40. The number of hydrogen-bond donors (Lipinski definition) is 2. The van der Waals surface area contributed by atoms with Crippen molar-refractivity contribution < 1.29 is 14.4 Å². The lowest BCUT2D eigenvalue weighted by atomic mass is 9.92. The summed E-state index contributed by atoms with van der Waals surface area (Å²) in [4.78, 5) is 40.0. The Labute approximate surface area is 175 Å². The van der Waals surface area contributed by atoms with Crippen LogP contribution in [0.1, 0.15) is 62.5 Å². The first kappa shape index (κ1) is 21.0. The fourth-order valence-corrected chi connectivity index (χ4v) is 4.42. The summed E-state index contributed by atoms with van der Waals surface area (Å²) in [5.41, 5.74) is 1.70. The lowest BCUT2D eigenvalue weighted by Crippen LogP contribution is -2.41. The van der Waals surface area contributed by atoms with Crippen LogP contribution in [0, 0.1) is 0 Å². The van der Waals surface area contributed by atoms with E-state index in [1.165, 1.54) is 11.3 Å². The minimum Gasteiger partial charge on any atom is -0.324 e. The number of amides is 4. The number of imide groups is 1. The van der Waals surface area contributed by atoms with Gasteiger partial charge in [-0.25, -0.2) is 4.79 Å². The van der Waals surface area contributed by atoms with Gasteiger partial charge >= 0.3 is 6.03 Å². The van der Waals surface area contributed by atoms with E-state index in [0.29, 0.717) is 0 Å². The average molecular weight is 414 g/mol. The van der Waals surface area contributed by atoms with Crippen molar-refractivity contribution in [3.8, 4) is 0 Å². The second kappa shape index (κ2) is 7.99. The number of urea groups is 1. The number of nitrogens with zero attached hydrogens (tertiary/aromatic N) is 1. The summed E-state index contributed by atoms with van der Waals surface area (Å²) in [7, 11) is 0. The first-order chi connectivity index (χ1) is 13.6. The highest BCUT2D eigenvalue weighted by Crippen LogP contribution is 2.34. The molecule has 1 fully saturated rings. The largest absolute Gasteiger partial charge is 0.325 e. The zero-order valence-corrected chi connectivity index (χ0v) is 18.2. The van der Waals surface area contributed by atoms with Gasteiger partial charge in [-0.3, -0.25) is 14.5 Å². The molecule has 0 radical (unpaired) electrons. The number of para-hydroxylation sites is 1. The van der Waals surface area contributed by atoms with Crippen LogP contribution in [0.25, 0.3) is 0 Å². The van der Waals surface area contributed by atoms with Gasteiger partial charge in [0.2, 0.25) is 5.91 Å². The molecule has 2 aromatic rings. The lowest BCUT2D eigenvalue weighted by molar-refractivity contribution is -0.133. The highest BCUT2D eigenvalue weighted by Gasteiger charge is 2.50. The third-order valence-corrected chi connectivity index (χ3v) is 6.32. The second-order valence-electron chi connectivity index (χ2n) is 8.09. The molecule has 1 aromatic carbocycles. The van der Waals surface area contributed by atoms with Crippen molar-refractivity contribution in [1.29, 1.82) is 0 Å². The first-order valence-corrected chi connectivity index (χ1v) is 10.6. The Morgan fingerprint density at radius 2 is 1.72 bits per heavy atom. The maximum atomic E-state index is 12.9. The zero-order valence-electron chi connectivity index (χ0n) is 17.4. The minimum absolute atomic E-state index is 0.225. The van der Waals surface area contributed by atoms with E-state index in [1.807, 2.05) is 29.6 Å². The standard InChI is InChI=1S/C22H27N3O3S/c1-13(2)15-8-6-9-16(14(3)4)19(15)23-18(26)12-25-20(27)22(5,24-21(25)28)17-10-7-11-29-17/h6-11,13-14H,12H2,1-5H3,(H,23,26)(H,24,28). The van der Waals surface area contributed by atoms with E-state index in [0.717, 1.165) is 26.6 Å². The summed E-state index contributed by atoms with van der Waals surface area (Å²) < 4.78 is 0. The SMILES string of the molecule is CC(C)c1cccc(C(C)C)c1NC(=O)CN1C(=O)NC(C)(c2cccs2)C1=O. The molecule has 1 aliphatic heterocycles. The third-order valence-electron chi connectivity index (χ3n) is 5.23. The van der Waals surface area contributed by atoms with Crippen LogP contribution in [-0.4, -0.2) is 29.3 Å². The van der Waals surface area contributed by atoms with Crippen LogP contribution < -0.4 is 10.6 Å². The highest BCUT2D eigenvalue weighted by molar-refractivity contribution is 7.10. The third kappa shape index (κ3) is 3.92. The molecule has 154 valence electrons. The van der Waals surface area contributed by atoms with Crippen LogP contribution in [0.15, 0.2) is 35.7 Å². The van der Waals surface area contributed by atoms with E-state index < -0.39 is 17.5 Å².